The molecule has 3 aromatic rings. The van der Waals surface area contributed by atoms with E-state index < -0.39 is 0 Å². The Morgan fingerprint density at radius 3 is 1.48 bits per heavy atom. The molecule has 4 heteroatoms. The number of ether oxygens (including phenoxy) is 1. The number of aldehydes is 2. The highest BCUT2D eigenvalue weighted by atomic mass is 16.5. The van der Waals surface area contributed by atoms with Crippen molar-refractivity contribution in [2.75, 3.05) is 12.8 Å². The molecule has 3 aromatic carbocycles. The summed E-state index contributed by atoms with van der Waals surface area (Å²) >= 11 is 0. The highest BCUT2D eigenvalue weighted by Crippen LogP contribution is 2.33. The number of hydrogen-bond acceptors (Lipinski definition) is 4. The number of carbonyl (C=O) groups excluding carboxylic acids is 2. The van der Waals surface area contributed by atoms with Crippen molar-refractivity contribution in [1.82, 2.24) is 0 Å². The van der Waals surface area contributed by atoms with Crippen LogP contribution >= 0.6 is 0 Å². The monoisotopic (exact) mass is 389 g/mol. The quantitative estimate of drug-likeness (QED) is 0.473. The minimum atomic E-state index is 0.637. The first-order valence-electron chi connectivity index (χ1n) is 9.33. The van der Waals surface area contributed by atoms with Gasteiger partial charge in [-0.05, 0) is 86.3 Å². The second kappa shape index (κ2) is 9.69. The molecule has 0 saturated heterocycles. The molecule has 4 nitrogen and oxygen atoms in total. The van der Waals surface area contributed by atoms with Gasteiger partial charge in [0.05, 0.1) is 7.11 Å². The van der Waals surface area contributed by atoms with Gasteiger partial charge in [-0.25, -0.2) is 0 Å². The van der Waals surface area contributed by atoms with Gasteiger partial charge in [-0.3, -0.25) is 9.59 Å². The lowest BCUT2D eigenvalue weighted by atomic mass is 9.87. The fourth-order valence-corrected chi connectivity index (χ4v) is 3.47. The van der Waals surface area contributed by atoms with Crippen LogP contribution in [0.4, 0.5) is 5.69 Å². The third-order valence-corrected chi connectivity index (χ3v) is 4.64. The molecule has 0 atom stereocenters. The lowest BCUT2D eigenvalue weighted by Gasteiger charge is -2.16. The number of anilines is 1. The van der Waals surface area contributed by atoms with E-state index in [4.69, 9.17) is 10.5 Å². The van der Waals surface area contributed by atoms with Gasteiger partial charge < -0.3 is 10.5 Å². The molecular formula is C25H27NO3. The van der Waals surface area contributed by atoms with Gasteiger partial charge >= 0.3 is 0 Å². The standard InChI is InChI=1S/C18H18O2.C7H9NO/c1-11-5-13(3)17(15(7-11)9-19)18-14(4)6-12(2)8-16(18)10-20;1-9-7-4-2-6(8)3-5-7/h5-10H,1-4H3;2-5H,8H2,1H3. The predicted octanol–water partition coefficient (Wildman–Crippen LogP) is 5.49. The normalized spacial score (nSPS) is 9.97. The average Bonchev–Trinajstić information content (AvgIpc) is 2.69. The van der Waals surface area contributed by atoms with Gasteiger partial charge in [0, 0.05) is 16.8 Å². The smallest absolute Gasteiger partial charge is 0.150 e. The zero-order valence-electron chi connectivity index (χ0n) is 17.6. The van der Waals surface area contributed by atoms with E-state index >= 15 is 0 Å². The second-order valence-corrected chi connectivity index (χ2v) is 7.10. The molecule has 150 valence electrons. The maximum absolute atomic E-state index is 11.4. The SMILES string of the molecule is COc1ccc(N)cc1.Cc1cc(C)c(-c2c(C)cc(C)cc2C=O)c(C=O)c1. The Labute approximate surface area is 172 Å². The molecule has 2 N–H and O–H groups in total. The van der Waals surface area contributed by atoms with Crippen LogP contribution < -0.4 is 10.5 Å². The van der Waals surface area contributed by atoms with Crippen LogP contribution in [0.15, 0.2) is 48.5 Å². The Kier molecular flexibility index (Phi) is 7.32. The summed E-state index contributed by atoms with van der Waals surface area (Å²) in [6, 6.07) is 15.1. The Morgan fingerprint density at radius 1 is 0.724 bits per heavy atom. The molecule has 0 aromatic heterocycles. The van der Waals surface area contributed by atoms with Gasteiger partial charge in [0.2, 0.25) is 0 Å². The van der Waals surface area contributed by atoms with Crippen LogP contribution in [0.3, 0.4) is 0 Å². The van der Waals surface area contributed by atoms with E-state index in [1.807, 2.05) is 64.1 Å². The van der Waals surface area contributed by atoms with E-state index in [0.29, 0.717) is 11.1 Å². The molecule has 0 radical (unpaired) electrons. The molecule has 0 aliphatic heterocycles. The summed E-state index contributed by atoms with van der Waals surface area (Å²) in [7, 11) is 1.63. The zero-order chi connectivity index (χ0) is 21.6. The fourth-order valence-electron chi connectivity index (χ4n) is 3.47. The topological polar surface area (TPSA) is 69.4 Å². The van der Waals surface area contributed by atoms with Gasteiger partial charge in [-0.1, -0.05) is 23.3 Å². The number of nitrogen functional groups attached to an aromatic ring is 1. The van der Waals surface area contributed by atoms with Crippen molar-refractivity contribution < 1.29 is 14.3 Å². The van der Waals surface area contributed by atoms with Crippen molar-refractivity contribution in [2.24, 2.45) is 0 Å². The van der Waals surface area contributed by atoms with E-state index in [-0.39, 0.29) is 0 Å². The number of benzene rings is 3. The molecule has 0 fully saturated rings. The summed E-state index contributed by atoms with van der Waals surface area (Å²) in [4.78, 5) is 22.8. The first kappa shape index (κ1) is 21.9. The lowest BCUT2D eigenvalue weighted by Crippen LogP contribution is -1.99. The Hall–Kier alpha value is -3.40. The van der Waals surface area contributed by atoms with Gasteiger partial charge in [0.1, 0.15) is 5.75 Å². The third-order valence-electron chi connectivity index (χ3n) is 4.64. The molecule has 29 heavy (non-hydrogen) atoms. The Morgan fingerprint density at radius 2 is 1.14 bits per heavy atom. The molecule has 0 spiro atoms. The molecule has 0 heterocycles. The van der Waals surface area contributed by atoms with Crippen molar-refractivity contribution in [3.63, 3.8) is 0 Å². The van der Waals surface area contributed by atoms with Crippen LogP contribution in [0.5, 0.6) is 5.75 Å². The number of methoxy groups -OCH3 is 1. The Bertz CT molecular complexity index is 960. The van der Waals surface area contributed by atoms with Gasteiger partial charge in [-0.2, -0.15) is 0 Å². The first-order chi connectivity index (χ1) is 13.8. The molecule has 0 saturated carbocycles. The van der Waals surface area contributed by atoms with Crippen LogP contribution in [0.1, 0.15) is 43.0 Å². The average molecular weight is 389 g/mol. The van der Waals surface area contributed by atoms with Crippen molar-refractivity contribution in [1.29, 1.82) is 0 Å². The largest absolute Gasteiger partial charge is 0.497 e. The van der Waals surface area contributed by atoms with Crippen molar-refractivity contribution >= 4 is 18.3 Å². The molecule has 0 unspecified atom stereocenters. The number of carbonyl (C=O) groups is 2. The van der Waals surface area contributed by atoms with E-state index in [1.54, 1.807) is 19.2 Å². The molecular weight excluding hydrogens is 362 g/mol. The first-order valence-corrected chi connectivity index (χ1v) is 9.33. The van der Waals surface area contributed by atoms with E-state index in [9.17, 15) is 9.59 Å². The van der Waals surface area contributed by atoms with Crippen molar-refractivity contribution in [3.8, 4) is 16.9 Å². The number of hydrogen-bond donors (Lipinski definition) is 1. The summed E-state index contributed by atoms with van der Waals surface area (Å²) in [5, 5.41) is 0. The maximum atomic E-state index is 11.4. The highest BCUT2D eigenvalue weighted by Gasteiger charge is 2.15. The van der Waals surface area contributed by atoms with Gasteiger partial charge in [-0.15, -0.1) is 0 Å². The number of aryl methyl sites for hydroxylation is 4. The number of nitrogens with two attached hydrogens (primary N) is 1. The number of rotatable bonds is 4. The van der Waals surface area contributed by atoms with E-state index in [2.05, 4.69) is 0 Å². The van der Waals surface area contributed by atoms with Gasteiger partial charge in [0.25, 0.3) is 0 Å². The van der Waals surface area contributed by atoms with Crippen LogP contribution in [-0.2, 0) is 0 Å². The minimum Gasteiger partial charge on any atom is -0.497 e. The van der Waals surface area contributed by atoms with Crippen molar-refractivity contribution in [3.05, 3.63) is 81.9 Å². The fraction of sp³-hybridized carbons (Fsp3) is 0.200. The molecule has 0 bridgehead atoms. The van der Waals surface area contributed by atoms with Crippen molar-refractivity contribution in [2.45, 2.75) is 27.7 Å². The van der Waals surface area contributed by atoms with E-state index in [1.165, 1.54) is 0 Å². The minimum absolute atomic E-state index is 0.637. The van der Waals surface area contributed by atoms with Crippen LogP contribution in [0.25, 0.3) is 11.1 Å². The Balaban J connectivity index is 0.000000278. The van der Waals surface area contributed by atoms with Crippen LogP contribution in [-0.4, -0.2) is 19.7 Å². The molecule has 0 aliphatic carbocycles. The highest BCUT2D eigenvalue weighted by molar-refractivity contribution is 5.97. The maximum Gasteiger partial charge on any atom is 0.150 e. The second-order valence-electron chi connectivity index (χ2n) is 7.10. The van der Waals surface area contributed by atoms with Crippen LogP contribution in [0.2, 0.25) is 0 Å². The van der Waals surface area contributed by atoms with Crippen LogP contribution in [0, 0.1) is 27.7 Å². The zero-order valence-corrected chi connectivity index (χ0v) is 17.6. The lowest BCUT2D eigenvalue weighted by molar-refractivity contribution is 0.111. The summed E-state index contributed by atoms with van der Waals surface area (Å²) in [6.45, 7) is 7.88. The molecule has 0 amide bonds. The molecule has 3 rings (SSSR count). The predicted molar refractivity (Wildman–Crippen MR) is 119 cm³/mol. The van der Waals surface area contributed by atoms with Gasteiger partial charge in [0.15, 0.2) is 12.6 Å². The summed E-state index contributed by atoms with van der Waals surface area (Å²) in [5.74, 6) is 0.837. The van der Waals surface area contributed by atoms with E-state index in [0.717, 1.165) is 57.4 Å². The molecule has 0 aliphatic rings. The summed E-state index contributed by atoms with van der Waals surface area (Å²) in [5.41, 5.74) is 13.3. The summed E-state index contributed by atoms with van der Waals surface area (Å²) in [6.07, 6.45) is 1.73. The third kappa shape index (κ3) is 5.32. The summed E-state index contributed by atoms with van der Waals surface area (Å²) < 4.78 is 4.91.